The Hall–Kier alpha value is -2.52. The van der Waals surface area contributed by atoms with E-state index < -0.39 is 0 Å². The maximum absolute atomic E-state index is 12.3. The first-order valence-electron chi connectivity index (χ1n) is 8.87. The number of hydrogen-bond donors (Lipinski definition) is 2. The number of nitriles is 1. The van der Waals surface area contributed by atoms with E-state index in [0.717, 1.165) is 50.1 Å². The van der Waals surface area contributed by atoms with E-state index in [0.29, 0.717) is 13.2 Å². The number of carbonyl (C=O) groups excluding carboxylic acids is 1. The average Bonchev–Trinajstić information content (AvgIpc) is 3.16. The molecule has 0 atom stereocenters. The first-order chi connectivity index (χ1) is 12.3. The quantitative estimate of drug-likeness (QED) is 0.636. The van der Waals surface area contributed by atoms with Crippen LogP contribution in [-0.2, 0) is 9.53 Å². The number of nitrogens with zero attached hydrogens (tertiary/aromatic N) is 2. The maximum atomic E-state index is 12.3. The minimum absolute atomic E-state index is 0.101. The van der Waals surface area contributed by atoms with Gasteiger partial charge in [-0.3, -0.25) is 4.79 Å². The molecule has 0 radical (unpaired) electrons. The fourth-order valence-corrected chi connectivity index (χ4v) is 3.31. The fourth-order valence-electron chi connectivity index (χ4n) is 3.31. The standard InChI is InChI=1S/C19H24N4O2/c20-13-15(19(24)22-16-5-1-2-6-16)14-21-17-7-3-4-8-18(17)23-9-11-25-12-10-23/h3-4,7-8,14,16,21H,1-2,5-6,9-12H2,(H,22,24)/b15-14-. The molecule has 25 heavy (non-hydrogen) atoms. The van der Waals surface area contributed by atoms with E-state index >= 15 is 0 Å². The van der Waals surface area contributed by atoms with Crippen molar-refractivity contribution in [1.29, 1.82) is 5.26 Å². The van der Waals surface area contributed by atoms with Crippen molar-refractivity contribution in [2.24, 2.45) is 0 Å². The highest BCUT2D eigenvalue weighted by Crippen LogP contribution is 2.26. The number of anilines is 2. The number of amides is 1. The van der Waals surface area contributed by atoms with Gasteiger partial charge in [-0.1, -0.05) is 25.0 Å². The Morgan fingerprint density at radius 2 is 1.96 bits per heavy atom. The highest BCUT2D eigenvalue weighted by atomic mass is 16.5. The van der Waals surface area contributed by atoms with E-state index in [2.05, 4.69) is 15.5 Å². The Kier molecular flexibility index (Phi) is 5.91. The van der Waals surface area contributed by atoms with Crippen LogP contribution in [0, 0.1) is 11.3 Å². The molecule has 1 aliphatic carbocycles. The van der Waals surface area contributed by atoms with Crippen LogP contribution in [0.4, 0.5) is 11.4 Å². The molecule has 0 spiro atoms. The van der Waals surface area contributed by atoms with Crippen LogP contribution in [0.15, 0.2) is 36.0 Å². The van der Waals surface area contributed by atoms with Gasteiger partial charge in [0.25, 0.3) is 5.91 Å². The van der Waals surface area contributed by atoms with Crippen molar-refractivity contribution < 1.29 is 9.53 Å². The van der Waals surface area contributed by atoms with Gasteiger partial charge < -0.3 is 20.3 Å². The summed E-state index contributed by atoms with van der Waals surface area (Å²) in [5, 5.41) is 15.4. The van der Waals surface area contributed by atoms with E-state index in [1.165, 1.54) is 6.20 Å². The second kappa shape index (κ2) is 8.54. The van der Waals surface area contributed by atoms with E-state index in [-0.39, 0.29) is 17.5 Å². The lowest BCUT2D eigenvalue weighted by atomic mass is 10.2. The summed E-state index contributed by atoms with van der Waals surface area (Å²) in [5.41, 5.74) is 2.03. The molecular formula is C19H24N4O2. The summed E-state index contributed by atoms with van der Waals surface area (Å²) in [6, 6.07) is 10.1. The molecule has 2 aliphatic rings. The van der Waals surface area contributed by atoms with Crippen molar-refractivity contribution >= 4 is 17.3 Å². The molecule has 6 heteroatoms. The molecule has 0 aromatic heterocycles. The van der Waals surface area contributed by atoms with Crippen molar-refractivity contribution in [2.45, 2.75) is 31.7 Å². The number of carbonyl (C=O) groups is 1. The van der Waals surface area contributed by atoms with Gasteiger partial charge in [-0.05, 0) is 25.0 Å². The van der Waals surface area contributed by atoms with E-state index in [1.54, 1.807) is 0 Å². The molecule has 0 bridgehead atoms. The average molecular weight is 340 g/mol. The summed E-state index contributed by atoms with van der Waals surface area (Å²) < 4.78 is 5.40. The van der Waals surface area contributed by atoms with Gasteiger partial charge in [0.15, 0.2) is 0 Å². The number of benzene rings is 1. The number of para-hydroxylation sites is 2. The molecule has 1 amide bonds. The molecule has 1 aromatic carbocycles. The molecule has 6 nitrogen and oxygen atoms in total. The molecule has 3 rings (SSSR count). The fraction of sp³-hybridized carbons (Fsp3) is 0.474. The van der Waals surface area contributed by atoms with Crippen molar-refractivity contribution in [2.75, 3.05) is 36.5 Å². The predicted octanol–water partition coefficient (Wildman–Crippen LogP) is 2.40. The van der Waals surface area contributed by atoms with Crippen molar-refractivity contribution in [3.63, 3.8) is 0 Å². The molecule has 1 saturated carbocycles. The van der Waals surface area contributed by atoms with Crippen LogP contribution in [0.5, 0.6) is 0 Å². The molecule has 132 valence electrons. The van der Waals surface area contributed by atoms with Crippen LogP contribution < -0.4 is 15.5 Å². The smallest absolute Gasteiger partial charge is 0.263 e. The van der Waals surface area contributed by atoms with E-state index in [9.17, 15) is 10.1 Å². The van der Waals surface area contributed by atoms with Gasteiger partial charge >= 0.3 is 0 Å². The van der Waals surface area contributed by atoms with Gasteiger partial charge in [0.05, 0.1) is 24.6 Å². The van der Waals surface area contributed by atoms with Gasteiger partial charge in [-0.15, -0.1) is 0 Å². The van der Waals surface area contributed by atoms with Gasteiger partial charge in [-0.25, -0.2) is 0 Å². The number of ether oxygens (including phenoxy) is 1. The summed E-state index contributed by atoms with van der Waals surface area (Å²) in [6.07, 6.45) is 5.78. The topological polar surface area (TPSA) is 77.4 Å². The molecule has 1 heterocycles. The molecule has 2 N–H and O–H groups in total. The number of rotatable bonds is 5. The first-order valence-corrected chi connectivity index (χ1v) is 8.87. The Labute approximate surface area is 148 Å². The zero-order chi connectivity index (χ0) is 17.5. The molecule has 2 fully saturated rings. The summed E-state index contributed by atoms with van der Waals surface area (Å²) in [6.45, 7) is 3.07. The van der Waals surface area contributed by atoms with Crippen LogP contribution in [0.25, 0.3) is 0 Å². The molecule has 1 aromatic rings. The lowest BCUT2D eigenvalue weighted by molar-refractivity contribution is -0.117. The van der Waals surface area contributed by atoms with Gasteiger partial charge in [0.2, 0.25) is 0 Å². The summed E-state index contributed by atoms with van der Waals surface area (Å²) in [4.78, 5) is 14.5. The van der Waals surface area contributed by atoms with Crippen molar-refractivity contribution in [3.8, 4) is 6.07 Å². The third-order valence-electron chi connectivity index (χ3n) is 4.68. The zero-order valence-electron chi connectivity index (χ0n) is 14.3. The summed E-state index contributed by atoms with van der Waals surface area (Å²) >= 11 is 0. The van der Waals surface area contributed by atoms with Gasteiger partial charge in [0, 0.05) is 25.3 Å². The monoisotopic (exact) mass is 340 g/mol. The predicted molar refractivity (Wildman–Crippen MR) is 97.2 cm³/mol. The Morgan fingerprint density at radius 3 is 2.68 bits per heavy atom. The summed E-state index contributed by atoms with van der Waals surface area (Å²) in [7, 11) is 0. The Morgan fingerprint density at radius 1 is 1.24 bits per heavy atom. The Bertz CT molecular complexity index is 668. The normalized spacial score (nSPS) is 18.7. The SMILES string of the molecule is N#C/C(=C/Nc1ccccc1N1CCOCC1)C(=O)NC1CCCC1. The number of hydrogen-bond acceptors (Lipinski definition) is 5. The van der Waals surface area contributed by atoms with Crippen LogP contribution in [-0.4, -0.2) is 38.3 Å². The summed E-state index contributed by atoms with van der Waals surface area (Å²) in [5.74, 6) is -0.300. The van der Waals surface area contributed by atoms with Crippen molar-refractivity contribution in [1.82, 2.24) is 5.32 Å². The number of nitrogens with one attached hydrogen (secondary N) is 2. The third-order valence-corrected chi connectivity index (χ3v) is 4.68. The van der Waals surface area contributed by atoms with Crippen molar-refractivity contribution in [3.05, 3.63) is 36.0 Å². The first kappa shape index (κ1) is 17.3. The minimum atomic E-state index is -0.300. The lowest BCUT2D eigenvalue weighted by Gasteiger charge is -2.30. The number of morpholine rings is 1. The van der Waals surface area contributed by atoms with Crippen LogP contribution in [0.3, 0.4) is 0 Å². The van der Waals surface area contributed by atoms with Crippen LogP contribution >= 0.6 is 0 Å². The van der Waals surface area contributed by atoms with Gasteiger partial charge in [0.1, 0.15) is 11.6 Å². The zero-order valence-corrected chi connectivity index (χ0v) is 14.3. The van der Waals surface area contributed by atoms with E-state index in [4.69, 9.17) is 4.74 Å². The highest BCUT2D eigenvalue weighted by Gasteiger charge is 2.19. The van der Waals surface area contributed by atoms with Crippen LogP contribution in [0.2, 0.25) is 0 Å². The molecule has 1 aliphatic heterocycles. The maximum Gasteiger partial charge on any atom is 0.263 e. The van der Waals surface area contributed by atoms with Gasteiger partial charge in [-0.2, -0.15) is 5.26 Å². The molecular weight excluding hydrogens is 316 g/mol. The van der Waals surface area contributed by atoms with E-state index in [1.807, 2.05) is 30.3 Å². The second-order valence-corrected chi connectivity index (χ2v) is 6.39. The molecule has 1 saturated heterocycles. The minimum Gasteiger partial charge on any atom is -0.378 e. The second-order valence-electron chi connectivity index (χ2n) is 6.39. The Balaban J connectivity index is 1.69. The molecule has 0 unspecified atom stereocenters. The third kappa shape index (κ3) is 4.52. The lowest BCUT2D eigenvalue weighted by Crippen LogP contribution is -2.36. The highest BCUT2D eigenvalue weighted by molar-refractivity contribution is 5.97. The van der Waals surface area contributed by atoms with Crippen LogP contribution in [0.1, 0.15) is 25.7 Å². The largest absolute Gasteiger partial charge is 0.378 e.